The second-order valence-electron chi connectivity index (χ2n) is 3.86. The van der Waals surface area contributed by atoms with E-state index in [9.17, 15) is 0 Å². The second-order valence-corrected chi connectivity index (χ2v) is 3.86. The Morgan fingerprint density at radius 1 is 1.23 bits per heavy atom. The molecule has 0 spiro atoms. The van der Waals surface area contributed by atoms with Crippen molar-refractivity contribution >= 4 is 11.4 Å². The summed E-state index contributed by atoms with van der Waals surface area (Å²) in [6.07, 6.45) is 0. The molecule has 13 heavy (non-hydrogen) atoms. The van der Waals surface area contributed by atoms with E-state index in [4.69, 9.17) is 0 Å². The number of rotatable bonds is 0. The van der Waals surface area contributed by atoms with Crippen LogP contribution in [0.3, 0.4) is 0 Å². The minimum absolute atomic E-state index is 0.687. The van der Waals surface area contributed by atoms with Crippen molar-refractivity contribution in [3.05, 3.63) is 23.8 Å². The third-order valence-corrected chi connectivity index (χ3v) is 2.54. The average Bonchev–Trinajstić information content (AvgIpc) is 2.30. The fourth-order valence-corrected chi connectivity index (χ4v) is 1.68. The number of hydrogen-bond donors (Lipinski definition) is 2. The zero-order chi connectivity index (χ0) is 9.26. The molecule has 1 unspecified atom stereocenters. The van der Waals surface area contributed by atoms with Crippen LogP contribution < -0.4 is 10.6 Å². The highest BCUT2D eigenvalue weighted by atomic mass is 15.0. The molecule has 0 fully saturated rings. The van der Waals surface area contributed by atoms with Gasteiger partial charge in [-0.1, -0.05) is 19.1 Å². The summed E-state index contributed by atoms with van der Waals surface area (Å²) in [5.74, 6) is 0.687. The fourth-order valence-electron chi connectivity index (χ4n) is 1.68. The van der Waals surface area contributed by atoms with Gasteiger partial charge in [-0.05, 0) is 24.5 Å². The minimum atomic E-state index is 0.687. The molecular formula is C11H16N2. The fraction of sp³-hybridized carbons (Fsp3) is 0.455. The van der Waals surface area contributed by atoms with Crippen LogP contribution in [0.25, 0.3) is 0 Å². The smallest absolute Gasteiger partial charge is 0.0605 e. The summed E-state index contributed by atoms with van der Waals surface area (Å²) >= 11 is 0. The molecule has 2 rings (SSSR count). The first-order valence-corrected chi connectivity index (χ1v) is 4.84. The first-order chi connectivity index (χ1) is 6.27. The number of para-hydroxylation sites is 1. The Bertz CT molecular complexity index is 307. The summed E-state index contributed by atoms with van der Waals surface area (Å²) in [7, 11) is 0. The molecule has 0 bridgehead atoms. The predicted molar refractivity (Wildman–Crippen MR) is 57.3 cm³/mol. The summed E-state index contributed by atoms with van der Waals surface area (Å²) in [5, 5.41) is 6.93. The zero-order valence-electron chi connectivity index (χ0n) is 8.22. The van der Waals surface area contributed by atoms with Crippen LogP contribution in [0.15, 0.2) is 18.2 Å². The molecule has 0 aliphatic carbocycles. The van der Waals surface area contributed by atoms with Crippen molar-refractivity contribution in [1.82, 2.24) is 0 Å². The highest BCUT2D eigenvalue weighted by Crippen LogP contribution is 2.27. The van der Waals surface area contributed by atoms with Gasteiger partial charge >= 0.3 is 0 Å². The minimum Gasteiger partial charge on any atom is -0.383 e. The van der Waals surface area contributed by atoms with Gasteiger partial charge < -0.3 is 10.6 Å². The highest BCUT2D eigenvalue weighted by Gasteiger charge is 2.11. The van der Waals surface area contributed by atoms with Gasteiger partial charge in [0.05, 0.1) is 11.4 Å². The number of benzene rings is 1. The lowest BCUT2D eigenvalue weighted by molar-refractivity contribution is 0.657. The topological polar surface area (TPSA) is 24.1 Å². The number of hydrogen-bond acceptors (Lipinski definition) is 2. The van der Waals surface area contributed by atoms with Gasteiger partial charge in [0, 0.05) is 13.1 Å². The largest absolute Gasteiger partial charge is 0.383 e. The van der Waals surface area contributed by atoms with Gasteiger partial charge in [-0.25, -0.2) is 0 Å². The molecule has 1 aromatic carbocycles. The molecule has 2 heteroatoms. The standard InChI is InChI=1S/C11H16N2/c1-8-6-12-10-5-3-4-9(2)11(10)13-7-8/h3-5,8,12-13H,6-7H2,1-2H3. The van der Waals surface area contributed by atoms with Crippen molar-refractivity contribution in [2.75, 3.05) is 23.7 Å². The lowest BCUT2D eigenvalue weighted by Crippen LogP contribution is -2.14. The van der Waals surface area contributed by atoms with Crippen LogP contribution in [0, 0.1) is 12.8 Å². The summed E-state index contributed by atoms with van der Waals surface area (Å²) in [6.45, 7) is 6.51. The Balaban J connectivity index is 2.35. The quantitative estimate of drug-likeness (QED) is 0.634. The lowest BCUT2D eigenvalue weighted by Gasteiger charge is -2.10. The van der Waals surface area contributed by atoms with Gasteiger partial charge in [-0.15, -0.1) is 0 Å². The Morgan fingerprint density at radius 2 is 2.00 bits per heavy atom. The van der Waals surface area contributed by atoms with E-state index >= 15 is 0 Å². The Hall–Kier alpha value is -1.18. The monoisotopic (exact) mass is 176 g/mol. The molecule has 0 radical (unpaired) electrons. The molecule has 0 amide bonds. The second kappa shape index (κ2) is 3.29. The van der Waals surface area contributed by atoms with Crippen molar-refractivity contribution in [2.24, 2.45) is 5.92 Å². The molecule has 0 aromatic heterocycles. The summed E-state index contributed by atoms with van der Waals surface area (Å²) in [4.78, 5) is 0. The van der Waals surface area contributed by atoms with Crippen LogP contribution >= 0.6 is 0 Å². The van der Waals surface area contributed by atoms with Crippen molar-refractivity contribution < 1.29 is 0 Å². The third-order valence-electron chi connectivity index (χ3n) is 2.54. The van der Waals surface area contributed by atoms with E-state index in [0.29, 0.717) is 5.92 Å². The normalized spacial score (nSPS) is 20.9. The molecule has 2 N–H and O–H groups in total. The van der Waals surface area contributed by atoms with E-state index in [2.05, 4.69) is 42.7 Å². The van der Waals surface area contributed by atoms with Crippen LogP contribution in [0.1, 0.15) is 12.5 Å². The number of aryl methyl sites for hydroxylation is 1. The first-order valence-electron chi connectivity index (χ1n) is 4.84. The highest BCUT2D eigenvalue weighted by molar-refractivity contribution is 5.72. The molecule has 1 heterocycles. The third kappa shape index (κ3) is 1.62. The summed E-state index contributed by atoms with van der Waals surface area (Å²) < 4.78 is 0. The van der Waals surface area contributed by atoms with E-state index in [0.717, 1.165) is 13.1 Å². The van der Waals surface area contributed by atoms with E-state index in [1.54, 1.807) is 0 Å². The van der Waals surface area contributed by atoms with Crippen LogP contribution in [-0.4, -0.2) is 13.1 Å². The molecule has 1 aliphatic heterocycles. The first kappa shape index (κ1) is 8.42. The molecule has 2 nitrogen and oxygen atoms in total. The Morgan fingerprint density at radius 3 is 2.85 bits per heavy atom. The molecular weight excluding hydrogens is 160 g/mol. The Kier molecular flexibility index (Phi) is 2.13. The van der Waals surface area contributed by atoms with Crippen LogP contribution in [0.5, 0.6) is 0 Å². The van der Waals surface area contributed by atoms with Crippen molar-refractivity contribution in [3.8, 4) is 0 Å². The molecule has 1 atom stereocenters. The number of anilines is 2. The maximum atomic E-state index is 3.48. The van der Waals surface area contributed by atoms with Crippen molar-refractivity contribution in [1.29, 1.82) is 0 Å². The maximum absolute atomic E-state index is 3.48. The van der Waals surface area contributed by atoms with Crippen LogP contribution in [0.2, 0.25) is 0 Å². The van der Waals surface area contributed by atoms with Gasteiger partial charge in [0.15, 0.2) is 0 Å². The average molecular weight is 176 g/mol. The van der Waals surface area contributed by atoms with Crippen LogP contribution in [-0.2, 0) is 0 Å². The molecule has 1 aliphatic rings. The van der Waals surface area contributed by atoms with Gasteiger partial charge in [-0.3, -0.25) is 0 Å². The van der Waals surface area contributed by atoms with E-state index < -0.39 is 0 Å². The van der Waals surface area contributed by atoms with E-state index in [1.807, 2.05) is 0 Å². The van der Waals surface area contributed by atoms with Crippen LogP contribution in [0.4, 0.5) is 11.4 Å². The molecule has 70 valence electrons. The number of nitrogens with one attached hydrogen (secondary N) is 2. The molecule has 0 saturated heterocycles. The number of fused-ring (bicyclic) bond motifs is 1. The van der Waals surface area contributed by atoms with Gasteiger partial charge in [0.2, 0.25) is 0 Å². The van der Waals surface area contributed by atoms with Gasteiger partial charge in [0.1, 0.15) is 0 Å². The lowest BCUT2D eigenvalue weighted by atomic mass is 10.1. The molecule has 0 saturated carbocycles. The zero-order valence-corrected chi connectivity index (χ0v) is 8.22. The SMILES string of the molecule is Cc1cccc2c1NCC(C)CN2. The maximum Gasteiger partial charge on any atom is 0.0605 e. The van der Waals surface area contributed by atoms with E-state index in [1.165, 1.54) is 16.9 Å². The van der Waals surface area contributed by atoms with Gasteiger partial charge in [-0.2, -0.15) is 0 Å². The predicted octanol–water partition coefficient (Wildman–Crippen LogP) is 2.47. The Labute approximate surface area is 79.4 Å². The van der Waals surface area contributed by atoms with E-state index in [-0.39, 0.29) is 0 Å². The molecule has 1 aromatic rings. The van der Waals surface area contributed by atoms with Crippen molar-refractivity contribution in [3.63, 3.8) is 0 Å². The van der Waals surface area contributed by atoms with Crippen molar-refractivity contribution in [2.45, 2.75) is 13.8 Å². The summed E-state index contributed by atoms with van der Waals surface area (Å²) in [5.41, 5.74) is 3.83. The van der Waals surface area contributed by atoms with Gasteiger partial charge in [0.25, 0.3) is 0 Å². The summed E-state index contributed by atoms with van der Waals surface area (Å²) in [6, 6.07) is 6.37.